The molecule has 0 unspecified atom stereocenters. The normalized spacial score (nSPS) is 12.3. The molecule has 1 atom stereocenters. The van der Waals surface area contributed by atoms with Crippen molar-refractivity contribution in [3.63, 3.8) is 0 Å². The summed E-state index contributed by atoms with van der Waals surface area (Å²) < 4.78 is 0. The van der Waals surface area contributed by atoms with Gasteiger partial charge in [-0.1, -0.05) is 23.2 Å². The average molecular weight is 348 g/mol. The first-order chi connectivity index (χ1) is 9.93. The highest BCUT2D eigenvalue weighted by molar-refractivity contribution is 7.98. The molecule has 0 fully saturated rings. The Balaban J connectivity index is 2.68. The van der Waals surface area contributed by atoms with Crippen molar-refractivity contribution in [2.45, 2.75) is 12.5 Å². The molecule has 0 aliphatic rings. The van der Waals surface area contributed by atoms with Gasteiger partial charge in [0.25, 0.3) is 0 Å². The molecule has 1 aromatic rings. The summed E-state index contributed by atoms with van der Waals surface area (Å²) in [5, 5.41) is 12.4. The monoisotopic (exact) mass is 347 g/mol. The molecule has 0 aliphatic heterocycles. The molecule has 0 saturated heterocycles. The van der Waals surface area contributed by atoms with Gasteiger partial charge in [-0.3, -0.25) is 4.79 Å². The van der Waals surface area contributed by atoms with E-state index < -0.39 is 17.9 Å². The minimum absolute atomic E-state index is 0.369. The molecule has 1 rings (SSSR count). The zero-order valence-electron chi connectivity index (χ0n) is 11.3. The number of rotatable bonds is 7. The van der Waals surface area contributed by atoms with Crippen LogP contribution in [0, 0.1) is 0 Å². The number of nitrogens with one attached hydrogen (secondary N) is 1. The van der Waals surface area contributed by atoms with Crippen LogP contribution in [-0.2, 0) is 9.59 Å². The molecule has 21 heavy (non-hydrogen) atoms. The van der Waals surface area contributed by atoms with Gasteiger partial charge in [0.2, 0.25) is 5.91 Å². The van der Waals surface area contributed by atoms with Gasteiger partial charge in [-0.25, -0.2) is 4.79 Å². The number of amides is 1. The van der Waals surface area contributed by atoms with E-state index in [4.69, 9.17) is 28.3 Å². The maximum Gasteiger partial charge on any atom is 0.326 e. The van der Waals surface area contributed by atoms with Gasteiger partial charge in [-0.2, -0.15) is 11.8 Å². The Morgan fingerprint density at radius 1 is 1.43 bits per heavy atom. The van der Waals surface area contributed by atoms with E-state index in [9.17, 15) is 9.59 Å². The summed E-state index contributed by atoms with van der Waals surface area (Å²) in [7, 11) is 0. The fraction of sp³-hybridized carbons (Fsp3) is 0.286. The van der Waals surface area contributed by atoms with E-state index in [1.54, 1.807) is 18.2 Å². The average Bonchev–Trinajstić information content (AvgIpc) is 2.44. The van der Waals surface area contributed by atoms with Gasteiger partial charge in [-0.15, -0.1) is 0 Å². The lowest BCUT2D eigenvalue weighted by Crippen LogP contribution is -2.40. The molecule has 2 N–H and O–H groups in total. The van der Waals surface area contributed by atoms with Crippen molar-refractivity contribution in [2.24, 2.45) is 0 Å². The molecule has 0 aliphatic carbocycles. The Labute approximate surface area is 137 Å². The summed E-state index contributed by atoms with van der Waals surface area (Å²) in [6.07, 6.45) is 4.99. The summed E-state index contributed by atoms with van der Waals surface area (Å²) in [5.41, 5.74) is 0.593. The number of hydrogen-bond donors (Lipinski definition) is 2. The third-order valence-electron chi connectivity index (χ3n) is 2.60. The standard InChI is InChI=1S/C14H15Cl2NO3S/c1-21-7-6-12(14(19)20)17-13(18)5-2-9-8-10(15)3-4-11(9)16/h2-5,8,12H,6-7H2,1H3,(H,17,18)(H,19,20)/b5-2+/t12-/m0/s1. The predicted octanol–water partition coefficient (Wildman–Crippen LogP) is 3.33. The Bertz CT molecular complexity index is 549. The Hall–Kier alpha value is -1.17. The molecule has 0 aromatic heterocycles. The zero-order valence-corrected chi connectivity index (χ0v) is 13.6. The number of carboxylic acids is 1. The molecule has 114 valence electrons. The maximum absolute atomic E-state index is 11.7. The van der Waals surface area contributed by atoms with Crippen molar-refractivity contribution in [3.05, 3.63) is 39.9 Å². The number of carbonyl (C=O) groups is 2. The first kappa shape index (κ1) is 17.9. The molecule has 0 spiro atoms. The van der Waals surface area contributed by atoms with E-state index in [0.29, 0.717) is 27.8 Å². The van der Waals surface area contributed by atoms with E-state index in [-0.39, 0.29) is 0 Å². The second kappa shape index (κ2) is 8.97. The number of carbonyl (C=O) groups excluding carboxylic acids is 1. The fourth-order valence-corrected chi connectivity index (χ4v) is 2.35. The smallest absolute Gasteiger partial charge is 0.326 e. The minimum atomic E-state index is -1.05. The second-order valence-corrected chi connectivity index (χ2v) is 6.01. The van der Waals surface area contributed by atoms with Crippen molar-refractivity contribution in [2.75, 3.05) is 12.0 Å². The van der Waals surface area contributed by atoms with Gasteiger partial charge in [0.15, 0.2) is 0 Å². The summed E-state index contributed by atoms with van der Waals surface area (Å²) >= 11 is 13.3. The number of benzene rings is 1. The largest absolute Gasteiger partial charge is 0.480 e. The summed E-state index contributed by atoms with van der Waals surface area (Å²) in [4.78, 5) is 22.8. The van der Waals surface area contributed by atoms with Crippen LogP contribution < -0.4 is 5.32 Å². The Morgan fingerprint density at radius 2 is 2.14 bits per heavy atom. The highest BCUT2D eigenvalue weighted by atomic mass is 35.5. The van der Waals surface area contributed by atoms with Crippen molar-refractivity contribution in [1.29, 1.82) is 0 Å². The van der Waals surface area contributed by atoms with Gasteiger partial charge in [0.1, 0.15) is 6.04 Å². The van der Waals surface area contributed by atoms with Gasteiger partial charge in [0, 0.05) is 16.1 Å². The molecular formula is C14H15Cl2NO3S. The van der Waals surface area contributed by atoms with E-state index in [0.717, 1.165) is 0 Å². The lowest BCUT2D eigenvalue weighted by Gasteiger charge is -2.12. The topological polar surface area (TPSA) is 66.4 Å². The number of aliphatic carboxylic acids is 1. The van der Waals surface area contributed by atoms with E-state index >= 15 is 0 Å². The summed E-state index contributed by atoms with van der Waals surface area (Å²) in [6.45, 7) is 0. The summed E-state index contributed by atoms with van der Waals surface area (Å²) in [5.74, 6) is -0.882. The van der Waals surface area contributed by atoms with Crippen LogP contribution in [0.25, 0.3) is 6.08 Å². The zero-order chi connectivity index (χ0) is 15.8. The van der Waals surface area contributed by atoms with Crippen LogP contribution in [0.15, 0.2) is 24.3 Å². The van der Waals surface area contributed by atoms with E-state index in [1.165, 1.54) is 23.9 Å². The minimum Gasteiger partial charge on any atom is -0.480 e. The van der Waals surface area contributed by atoms with Crippen LogP contribution >= 0.6 is 35.0 Å². The molecule has 0 radical (unpaired) electrons. The quantitative estimate of drug-likeness (QED) is 0.742. The van der Waals surface area contributed by atoms with Crippen molar-refractivity contribution in [3.8, 4) is 0 Å². The number of thioether (sulfide) groups is 1. The molecular weight excluding hydrogens is 333 g/mol. The van der Waals surface area contributed by atoms with E-state index in [1.807, 2.05) is 6.26 Å². The third kappa shape index (κ3) is 6.42. The van der Waals surface area contributed by atoms with Gasteiger partial charge >= 0.3 is 5.97 Å². The Kier molecular flexibility index (Phi) is 7.64. The van der Waals surface area contributed by atoms with Crippen LogP contribution in [0.4, 0.5) is 0 Å². The molecule has 0 saturated carbocycles. The van der Waals surface area contributed by atoms with Crippen LogP contribution in [0.5, 0.6) is 0 Å². The van der Waals surface area contributed by atoms with Crippen molar-refractivity contribution >= 4 is 52.9 Å². The van der Waals surface area contributed by atoms with Gasteiger partial charge in [-0.05, 0) is 48.3 Å². The highest BCUT2D eigenvalue weighted by Gasteiger charge is 2.17. The molecule has 7 heteroatoms. The molecule has 0 heterocycles. The first-order valence-corrected chi connectivity index (χ1v) is 8.24. The Morgan fingerprint density at radius 3 is 2.76 bits per heavy atom. The third-order valence-corrected chi connectivity index (χ3v) is 3.82. The van der Waals surface area contributed by atoms with Gasteiger partial charge in [0.05, 0.1) is 0 Å². The lowest BCUT2D eigenvalue weighted by atomic mass is 10.2. The SMILES string of the molecule is CSCC[C@H](NC(=O)/C=C/c1cc(Cl)ccc1Cl)C(=O)O. The van der Waals surface area contributed by atoms with Crippen LogP contribution in [0.3, 0.4) is 0 Å². The van der Waals surface area contributed by atoms with Crippen LogP contribution in [-0.4, -0.2) is 35.0 Å². The predicted molar refractivity (Wildman–Crippen MR) is 88.1 cm³/mol. The van der Waals surface area contributed by atoms with E-state index in [2.05, 4.69) is 5.32 Å². The lowest BCUT2D eigenvalue weighted by molar-refractivity contribution is -0.141. The van der Waals surface area contributed by atoms with Crippen molar-refractivity contribution in [1.82, 2.24) is 5.32 Å². The van der Waals surface area contributed by atoms with Crippen molar-refractivity contribution < 1.29 is 14.7 Å². The molecule has 1 aromatic carbocycles. The van der Waals surface area contributed by atoms with Gasteiger partial charge < -0.3 is 10.4 Å². The summed E-state index contributed by atoms with van der Waals surface area (Å²) in [6, 6.07) is 3.99. The number of carboxylic acid groups (broad SMARTS) is 1. The first-order valence-electron chi connectivity index (χ1n) is 6.09. The van der Waals surface area contributed by atoms with Crippen LogP contribution in [0.1, 0.15) is 12.0 Å². The molecule has 1 amide bonds. The maximum atomic E-state index is 11.7. The number of hydrogen-bond acceptors (Lipinski definition) is 3. The molecule has 0 bridgehead atoms. The molecule has 4 nitrogen and oxygen atoms in total. The fourth-order valence-electron chi connectivity index (χ4n) is 1.52. The number of halogens is 2. The second-order valence-electron chi connectivity index (χ2n) is 4.18. The van der Waals surface area contributed by atoms with Crippen LogP contribution in [0.2, 0.25) is 10.0 Å². The highest BCUT2D eigenvalue weighted by Crippen LogP contribution is 2.21.